The molecule has 1 aliphatic heterocycles. The predicted molar refractivity (Wildman–Crippen MR) is 117 cm³/mol. The third-order valence-corrected chi connectivity index (χ3v) is 7.80. The van der Waals surface area contributed by atoms with Crippen LogP contribution in [0.5, 0.6) is 0 Å². The summed E-state index contributed by atoms with van der Waals surface area (Å²) in [6, 6.07) is 15.7. The second-order valence-electron chi connectivity index (χ2n) is 7.33. The smallest absolute Gasteiger partial charge is 0.0294 e. The third-order valence-electron chi connectivity index (χ3n) is 5.14. The molecule has 0 nitrogen and oxygen atoms in total. The number of unbranched alkanes of at least 4 members (excludes halogenated alkanes) is 9. The van der Waals surface area contributed by atoms with Crippen molar-refractivity contribution in [2.24, 2.45) is 0 Å². The van der Waals surface area contributed by atoms with E-state index in [2.05, 4.69) is 49.4 Å². The highest BCUT2D eigenvalue weighted by atomic mass is 32.2. The third kappa shape index (κ3) is 5.82. The highest BCUT2D eigenvalue weighted by Crippen LogP contribution is 2.49. The summed E-state index contributed by atoms with van der Waals surface area (Å²) in [6.07, 6.45) is 15.3. The summed E-state index contributed by atoms with van der Waals surface area (Å²) in [5.41, 5.74) is 1.55. The van der Waals surface area contributed by atoms with E-state index in [1.54, 1.807) is 5.56 Å². The first kappa shape index (κ1) is 19.9. The molecule has 1 aliphatic rings. The van der Waals surface area contributed by atoms with E-state index in [0.717, 1.165) is 0 Å². The average Bonchev–Trinajstić information content (AvgIpc) is 2.68. The molecule has 3 rings (SSSR count). The average molecular weight is 385 g/mol. The summed E-state index contributed by atoms with van der Waals surface area (Å²) >= 11 is 3.90. The monoisotopic (exact) mass is 384 g/mol. The molecule has 2 heteroatoms. The molecule has 1 heterocycles. The minimum absolute atomic E-state index is 1.23. The van der Waals surface area contributed by atoms with Gasteiger partial charge >= 0.3 is 0 Å². The van der Waals surface area contributed by atoms with Crippen molar-refractivity contribution in [1.29, 1.82) is 0 Å². The van der Waals surface area contributed by atoms with Crippen molar-refractivity contribution in [3.05, 3.63) is 48.0 Å². The van der Waals surface area contributed by atoms with E-state index in [0.29, 0.717) is 0 Å². The molecule has 2 aromatic rings. The summed E-state index contributed by atoms with van der Waals surface area (Å²) in [7, 11) is 0. The lowest BCUT2D eigenvalue weighted by molar-refractivity contribution is 0.555. The fraction of sp³-hybridized carbons (Fsp3) is 0.500. The number of hydrogen-bond donors (Lipinski definition) is 0. The van der Waals surface area contributed by atoms with E-state index in [9.17, 15) is 0 Å². The summed E-state index contributed by atoms with van der Waals surface area (Å²) in [6.45, 7) is 2.29. The molecule has 0 aromatic heterocycles. The van der Waals surface area contributed by atoms with Gasteiger partial charge in [0.1, 0.15) is 0 Å². The molecule has 0 amide bonds. The Kier molecular flexibility index (Phi) is 8.48. The molecule has 0 atom stereocenters. The lowest BCUT2D eigenvalue weighted by atomic mass is 10.0. The van der Waals surface area contributed by atoms with Gasteiger partial charge in [0.2, 0.25) is 0 Å². The van der Waals surface area contributed by atoms with Gasteiger partial charge in [-0.25, -0.2) is 0 Å². The molecule has 140 valence electrons. The largest absolute Gasteiger partial charge is 0.0877 e. The van der Waals surface area contributed by atoms with E-state index in [4.69, 9.17) is 0 Å². The summed E-state index contributed by atoms with van der Waals surface area (Å²) in [4.78, 5) is 5.77. The maximum atomic E-state index is 2.34. The van der Waals surface area contributed by atoms with Crippen LogP contribution in [0.2, 0.25) is 0 Å². The van der Waals surface area contributed by atoms with Crippen LogP contribution in [-0.2, 0) is 6.42 Å². The molecule has 0 saturated heterocycles. The molecule has 0 spiro atoms. The van der Waals surface area contributed by atoms with Crippen molar-refractivity contribution < 1.29 is 0 Å². The zero-order valence-electron chi connectivity index (χ0n) is 16.1. The van der Waals surface area contributed by atoms with Crippen LogP contribution < -0.4 is 0 Å². The molecule has 0 bridgehead atoms. The van der Waals surface area contributed by atoms with Gasteiger partial charge in [0.15, 0.2) is 0 Å². The highest BCUT2D eigenvalue weighted by molar-refractivity contribution is 8.05. The molecule has 0 aliphatic carbocycles. The first-order valence-corrected chi connectivity index (χ1v) is 12.1. The van der Waals surface area contributed by atoms with Gasteiger partial charge < -0.3 is 0 Å². The second-order valence-corrected chi connectivity index (χ2v) is 9.46. The Balaban J connectivity index is 1.39. The highest BCUT2D eigenvalue weighted by Gasteiger charge is 2.18. The van der Waals surface area contributed by atoms with Crippen LogP contribution in [0.4, 0.5) is 0 Å². The van der Waals surface area contributed by atoms with Gasteiger partial charge in [-0.15, -0.1) is 0 Å². The van der Waals surface area contributed by atoms with Crippen molar-refractivity contribution in [3.8, 4) is 0 Å². The van der Waals surface area contributed by atoms with Crippen LogP contribution >= 0.6 is 23.5 Å². The fourth-order valence-electron chi connectivity index (χ4n) is 3.60. The van der Waals surface area contributed by atoms with Crippen LogP contribution in [0, 0.1) is 0 Å². The summed E-state index contributed by atoms with van der Waals surface area (Å²) in [5.74, 6) is 0. The fourth-order valence-corrected chi connectivity index (χ4v) is 6.03. The number of aryl methyl sites for hydroxylation is 1. The second kappa shape index (κ2) is 11.1. The van der Waals surface area contributed by atoms with Gasteiger partial charge in [-0.1, -0.05) is 113 Å². The number of fused-ring (bicyclic) bond motifs is 2. The molecule has 0 fully saturated rings. The Morgan fingerprint density at radius 3 is 1.85 bits per heavy atom. The van der Waals surface area contributed by atoms with Gasteiger partial charge in [-0.05, 0) is 36.6 Å². The van der Waals surface area contributed by atoms with Crippen LogP contribution in [0.15, 0.2) is 62.0 Å². The van der Waals surface area contributed by atoms with Crippen molar-refractivity contribution in [2.75, 3.05) is 0 Å². The maximum Gasteiger partial charge on any atom is 0.0294 e. The molecule has 0 N–H and O–H groups in total. The standard InChI is InChI=1S/C24H32S2/c1-2-3-4-5-6-7-8-9-10-11-15-20-16-14-19-23-24(20)26-22-18-13-12-17-21(22)25-23/h12-14,16-19H,2-11,15H2,1H3. The number of hydrogen-bond acceptors (Lipinski definition) is 2. The van der Waals surface area contributed by atoms with Crippen molar-refractivity contribution in [3.63, 3.8) is 0 Å². The van der Waals surface area contributed by atoms with E-state index in [1.165, 1.54) is 90.2 Å². The SMILES string of the molecule is CCCCCCCCCCCCc1cccc2c1Sc1ccccc1S2. The van der Waals surface area contributed by atoms with Gasteiger partial charge in [-0.2, -0.15) is 0 Å². The van der Waals surface area contributed by atoms with E-state index >= 15 is 0 Å². The quantitative estimate of drug-likeness (QED) is 0.303. The molecule has 0 unspecified atom stereocenters. The lowest BCUT2D eigenvalue weighted by Gasteiger charge is -2.20. The molecular weight excluding hydrogens is 352 g/mol. The van der Waals surface area contributed by atoms with Gasteiger partial charge in [0.25, 0.3) is 0 Å². The summed E-state index contributed by atoms with van der Waals surface area (Å²) < 4.78 is 0. The minimum Gasteiger partial charge on any atom is -0.0877 e. The molecule has 0 radical (unpaired) electrons. The van der Waals surface area contributed by atoms with Gasteiger partial charge in [0.05, 0.1) is 0 Å². The number of benzene rings is 2. The number of rotatable bonds is 11. The summed E-state index contributed by atoms with van der Waals surface area (Å²) in [5, 5.41) is 0. The van der Waals surface area contributed by atoms with Gasteiger partial charge in [0, 0.05) is 19.6 Å². The Bertz CT molecular complexity index is 678. The van der Waals surface area contributed by atoms with Crippen LogP contribution in [-0.4, -0.2) is 0 Å². The molecule has 0 saturated carbocycles. The zero-order chi connectivity index (χ0) is 18.0. The Morgan fingerprint density at radius 2 is 1.15 bits per heavy atom. The lowest BCUT2D eigenvalue weighted by Crippen LogP contribution is -1.95. The van der Waals surface area contributed by atoms with Crippen molar-refractivity contribution in [1.82, 2.24) is 0 Å². The van der Waals surface area contributed by atoms with E-state index in [-0.39, 0.29) is 0 Å². The van der Waals surface area contributed by atoms with Crippen LogP contribution in [0.25, 0.3) is 0 Å². The first-order valence-electron chi connectivity index (χ1n) is 10.4. The van der Waals surface area contributed by atoms with E-state index in [1.807, 2.05) is 23.5 Å². The van der Waals surface area contributed by atoms with Crippen LogP contribution in [0.3, 0.4) is 0 Å². The molecule has 2 aromatic carbocycles. The molecule has 26 heavy (non-hydrogen) atoms. The minimum atomic E-state index is 1.23. The molecular formula is C24H32S2. The normalized spacial score (nSPS) is 12.7. The topological polar surface area (TPSA) is 0 Å². The maximum absolute atomic E-state index is 2.34. The van der Waals surface area contributed by atoms with Crippen LogP contribution in [0.1, 0.15) is 76.7 Å². The Hall–Kier alpha value is -0.860. The predicted octanol–water partition coefficient (Wildman–Crippen LogP) is 8.77. The van der Waals surface area contributed by atoms with E-state index < -0.39 is 0 Å². The Labute approximate surface area is 168 Å². The first-order chi connectivity index (χ1) is 12.9. The van der Waals surface area contributed by atoms with Gasteiger partial charge in [-0.3, -0.25) is 0 Å². The zero-order valence-corrected chi connectivity index (χ0v) is 17.8. The van der Waals surface area contributed by atoms with Crippen molar-refractivity contribution in [2.45, 2.75) is 97.1 Å². The Morgan fingerprint density at radius 1 is 0.577 bits per heavy atom. The van der Waals surface area contributed by atoms with Crippen molar-refractivity contribution >= 4 is 23.5 Å².